The van der Waals surface area contributed by atoms with Crippen molar-refractivity contribution in [2.75, 3.05) is 0 Å². The molecule has 0 aliphatic rings. The predicted molar refractivity (Wildman–Crippen MR) is 72.4 cm³/mol. The van der Waals surface area contributed by atoms with Crippen molar-refractivity contribution < 1.29 is 14.3 Å². The zero-order valence-electron chi connectivity index (χ0n) is 11.8. The molecule has 0 atom stereocenters. The molecule has 0 spiro atoms. The number of rotatable bonds is 4. The monoisotopic (exact) mass is 250 g/mol. The molecule has 3 nitrogen and oxygen atoms in total. The standard InChI is InChI=1S/C13H16O3.C2H6/c1-9(2)13(15)12-7-5-4-6-11(12)8-16-10(3)14;1-2/h4-7,9H,8H2,1-3H3;1-2H3. The van der Waals surface area contributed by atoms with E-state index in [-0.39, 0.29) is 24.3 Å². The van der Waals surface area contributed by atoms with Gasteiger partial charge >= 0.3 is 5.97 Å². The molecule has 1 aromatic rings. The lowest BCUT2D eigenvalue weighted by molar-refractivity contribution is -0.142. The summed E-state index contributed by atoms with van der Waals surface area (Å²) in [6.45, 7) is 9.22. The first-order chi connectivity index (χ1) is 8.52. The molecule has 0 amide bonds. The summed E-state index contributed by atoms with van der Waals surface area (Å²) in [5.41, 5.74) is 1.40. The minimum atomic E-state index is -0.341. The Bertz CT molecular complexity index is 394. The second kappa shape index (κ2) is 8.45. The summed E-state index contributed by atoms with van der Waals surface area (Å²) < 4.78 is 4.91. The molecule has 0 heterocycles. The highest BCUT2D eigenvalue weighted by Crippen LogP contribution is 2.15. The van der Waals surface area contributed by atoms with Crippen LogP contribution in [0.1, 0.15) is 50.5 Å². The lowest BCUT2D eigenvalue weighted by Crippen LogP contribution is -2.11. The van der Waals surface area contributed by atoms with Crippen LogP contribution in [0.25, 0.3) is 0 Å². The van der Waals surface area contributed by atoms with Crippen LogP contribution in [0.3, 0.4) is 0 Å². The molecule has 0 fully saturated rings. The summed E-state index contributed by atoms with van der Waals surface area (Å²) in [7, 11) is 0. The Kier molecular flexibility index (Phi) is 7.68. The highest BCUT2D eigenvalue weighted by atomic mass is 16.5. The van der Waals surface area contributed by atoms with E-state index in [9.17, 15) is 9.59 Å². The Morgan fingerprint density at radius 3 is 2.22 bits per heavy atom. The maximum Gasteiger partial charge on any atom is 0.302 e. The van der Waals surface area contributed by atoms with E-state index in [1.807, 2.05) is 39.8 Å². The summed E-state index contributed by atoms with van der Waals surface area (Å²) in [6, 6.07) is 7.21. The largest absolute Gasteiger partial charge is 0.461 e. The third kappa shape index (κ3) is 5.13. The first kappa shape index (κ1) is 16.4. The lowest BCUT2D eigenvalue weighted by atomic mass is 9.97. The summed E-state index contributed by atoms with van der Waals surface area (Å²) in [5, 5.41) is 0. The van der Waals surface area contributed by atoms with E-state index in [0.29, 0.717) is 5.56 Å². The Morgan fingerprint density at radius 1 is 1.17 bits per heavy atom. The number of hydrogen-bond donors (Lipinski definition) is 0. The quantitative estimate of drug-likeness (QED) is 0.605. The maximum absolute atomic E-state index is 11.9. The van der Waals surface area contributed by atoms with Gasteiger partial charge in [-0.15, -0.1) is 0 Å². The van der Waals surface area contributed by atoms with Gasteiger partial charge in [0.05, 0.1) is 0 Å². The Balaban J connectivity index is 0.00000137. The molecule has 0 radical (unpaired) electrons. The molecule has 1 aromatic carbocycles. The first-order valence-corrected chi connectivity index (χ1v) is 6.28. The van der Waals surface area contributed by atoms with Gasteiger partial charge in [0.2, 0.25) is 0 Å². The van der Waals surface area contributed by atoms with Crippen molar-refractivity contribution in [1.29, 1.82) is 0 Å². The van der Waals surface area contributed by atoms with E-state index in [1.54, 1.807) is 12.1 Å². The zero-order valence-corrected chi connectivity index (χ0v) is 11.8. The van der Waals surface area contributed by atoms with Crippen molar-refractivity contribution in [2.24, 2.45) is 5.92 Å². The summed E-state index contributed by atoms with van der Waals surface area (Å²) >= 11 is 0. The SMILES string of the molecule is CC.CC(=O)OCc1ccccc1C(=O)C(C)C. The molecule has 0 aliphatic heterocycles. The average molecular weight is 250 g/mol. The fraction of sp³-hybridized carbons (Fsp3) is 0.467. The van der Waals surface area contributed by atoms with Gasteiger partial charge in [0, 0.05) is 24.0 Å². The van der Waals surface area contributed by atoms with Gasteiger partial charge < -0.3 is 4.74 Å². The van der Waals surface area contributed by atoms with Crippen LogP contribution in [-0.4, -0.2) is 11.8 Å². The van der Waals surface area contributed by atoms with Crippen molar-refractivity contribution in [3.8, 4) is 0 Å². The van der Waals surface area contributed by atoms with Crippen LogP contribution in [0, 0.1) is 5.92 Å². The highest BCUT2D eigenvalue weighted by Gasteiger charge is 2.14. The van der Waals surface area contributed by atoms with Gasteiger partial charge in [-0.25, -0.2) is 0 Å². The summed E-state index contributed by atoms with van der Waals surface area (Å²) in [5.74, 6) is -0.326. The van der Waals surface area contributed by atoms with Crippen molar-refractivity contribution in [3.05, 3.63) is 35.4 Å². The van der Waals surface area contributed by atoms with Gasteiger partial charge in [-0.1, -0.05) is 52.0 Å². The molecule has 1 rings (SSSR count). The summed E-state index contributed by atoms with van der Waals surface area (Å²) in [6.07, 6.45) is 0. The van der Waals surface area contributed by atoms with E-state index in [4.69, 9.17) is 4.74 Å². The minimum Gasteiger partial charge on any atom is -0.461 e. The van der Waals surface area contributed by atoms with Crippen LogP contribution >= 0.6 is 0 Å². The second-order valence-electron chi connectivity index (χ2n) is 3.96. The van der Waals surface area contributed by atoms with Crippen LogP contribution in [0.5, 0.6) is 0 Å². The van der Waals surface area contributed by atoms with Crippen molar-refractivity contribution >= 4 is 11.8 Å². The first-order valence-electron chi connectivity index (χ1n) is 6.28. The smallest absolute Gasteiger partial charge is 0.302 e. The molecule has 0 aliphatic carbocycles. The Morgan fingerprint density at radius 2 is 1.72 bits per heavy atom. The van der Waals surface area contributed by atoms with Gasteiger partial charge in [-0.2, -0.15) is 0 Å². The minimum absolute atomic E-state index is 0.0570. The number of ether oxygens (including phenoxy) is 1. The normalized spacial score (nSPS) is 9.44. The Hall–Kier alpha value is -1.64. The van der Waals surface area contributed by atoms with E-state index >= 15 is 0 Å². The van der Waals surface area contributed by atoms with Crippen LogP contribution in [-0.2, 0) is 16.1 Å². The van der Waals surface area contributed by atoms with Gasteiger partial charge in [-0.05, 0) is 0 Å². The maximum atomic E-state index is 11.9. The third-order valence-electron chi connectivity index (χ3n) is 2.24. The molecule has 0 bridgehead atoms. The van der Waals surface area contributed by atoms with Crippen LogP contribution in [0.15, 0.2) is 24.3 Å². The molecular weight excluding hydrogens is 228 g/mol. The predicted octanol–water partition coefficient (Wildman–Crippen LogP) is 3.61. The fourth-order valence-corrected chi connectivity index (χ4v) is 1.38. The molecule has 0 saturated carbocycles. The number of Topliss-reactive ketones (excluding diaryl/α,β-unsaturated/α-hetero) is 1. The number of hydrogen-bond acceptors (Lipinski definition) is 3. The van der Waals surface area contributed by atoms with Gasteiger partial charge in [0.15, 0.2) is 5.78 Å². The van der Waals surface area contributed by atoms with Crippen molar-refractivity contribution in [3.63, 3.8) is 0 Å². The van der Waals surface area contributed by atoms with Crippen LogP contribution < -0.4 is 0 Å². The number of benzene rings is 1. The second-order valence-corrected chi connectivity index (χ2v) is 3.96. The van der Waals surface area contributed by atoms with E-state index < -0.39 is 0 Å². The van der Waals surface area contributed by atoms with Gasteiger partial charge in [-0.3, -0.25) is 9.59 Å². The fourth-order valence-electron chi connectivity index (χ4n) is 1.38. The molecule has 0 aromatic heterocycles. The number of ketones is 1. The van der Waals surface area contributed by atoms with Gasteiger partial charge in [0.1, 0.15) is 6.61 Å². The van der Waals surface area contributed by atoms with Crippen LogP contribution in [0.4, 0.5) is 0 Å². The molecule has 0 saturated heterocycles. The molecule has 18 heavy (non-hydrogen) atoms. The number of carbonyl (C=O) groups is 2. The number of esters is 1. The average Bonchev–Trinajstić information content (AvgIpc) is 2.38. The van der Waals surface area contributed by atoms with Gasteiger partial charge in [0.25, 0.3) is 0 Å². The molecule has 0 N–H and O–H groups in total. The van der Waals surface area contributed by atoms with E-state index in [1.165, 1.54) is 6.92 Å². The molecule has 100 valence electrons. The van der Waals surface area contributed by atoms with Crippen LogP contribution in [0.2, 0.25) is 0 Å². The van der Waals surface area contributed by atoms with Crippen molar-refractivity contribution in [2.45, 2.75) is 41.2 Å². The Labute approximate surface area is 109 Å². The lowest BCUT2D eigenvalue weighted by Gasteiger charge is -2.10. The van der Waals surface area contributed by atoms with E-state index in [2.05, 4.69) is 0 Å². The molecule has 3 heteroatoms. The summed E-state index contributed by atoms with van der Waals surface area (Å²) in [4.78, 5) is 22.6. The van der Waals surface area contributed by atoms with E-state index in [0.717, 1.165) is 5.56 Å². The molecular formula is C15H22O3. The number of carbonyl (C=O) groups excluding carboxylic acids is 2. The zero-order chi connectivity index (χ0) is 14.1. The third-order valence-corrected chi connectivity index (χ3v) is 2.24. The molecule has 0 unspecified atom stereocenters. The highest BCUT2D eigenvalue weighted by molar-refractivity contribution is 5.98. The van der Waals surface area contributed by atoms with Crippen molar-refractivity contribution in [1.82, 2.24) is 0 Å². The topological polar surface area (TPSA) is 43.4 Å².